The number of likely N-dealkylation sites (tertiary alicyclic amines) is 1. The van der Waals surface area contributed by atoms with Gasteiger partial charge in [-0.05, 0) is 54.6 Å². The van der Waals surface area contributed by atoms with Gasteiger partial charge >= 0.3 is 0 Å². The van der Waals surface area contributed by atoms with E-state index < -0.39 is 0 Å². The lowest BCUT2D eigenvalue weighted by Gasteiger charge is -2.31. The predicted molar refractivity (Wildman–Crippen MR) is 121 cm³/mol. The molecule has 5 heteroatoms. The summed E-state index contributed by atoms with van der Waals surface area (Å²) >= 11 is 0. The maximum Gasteiger partial charge on any atom is 0.287 e. The van der Waals surface area contributed by atoms with Crippen LogP contribution in [0, 0.1) is 5.92 Å². The van der Waals surface area contributed by atoms with E-state index in [0.29, 0.717) is 12.3 Å². The Kier molecular flexibility index (Phi) is 7.05. The predicted octanol–water partition coefficient (Wildman–Crippen LogP) is 5.02. The molecule has 0 spiro atoms. The van der Waals surface area contributed by atoms with E-state index in [0.717, 1.165) is 42.4 Å². The summed E-state index contributed by atoms with van der Waals surface area (Å²) in [7, 11) is 0. The number of piperidine rings is 1. The minimum Gasteiger partial charge on any atom is -0.489 e. The lowest BCUT2D eigenvalue weighted by atomic mass is 9.99. The van der Waals surface area contributed by atoms with Gasteiger partial charge in [0.15, 0.2) is 5.76 Å². The SMILES string of the molecule is CC1CCCN(Cc2ccccc2CNC(=O)c2occc2COc2ccccc2)C1. The van der Waals surface area contributed by atoms with Crippen molar-refractivity contribution in [2.24, 2.45) is 5.92 Å². The summed E-state index contributed by atoms with van der Waals surface area (Å²) < 4.78 is 11.2. The zero-order valence-electron chi connectivity index (χ0n) is 18.0. The van der Waals surface area contributed by atoms with Gasteiger partial charge in [-0.3, -0.25) is 9.69 Å². The van der Waals surface area contributed by atoms with Gasteiger partial charge < -0.3 is 14.5 Å². The molecule has 2 heterocycles. The molecule has 4 rings (SSSR count). The van der Waals surface area contributed by atoms with Crippen LogP contribution in [0.15, 0.2) is 71.3 Å². The summed E-state index contributed by atoms with van der Waals surface area (Å²) in [5.41, 5.74) is 3.14. The van der Waals surface area contributed by atoms with Crippen LogP contribution in [0.3, 0.4) is 0 Å². The van der Waals surface area contributed by atoms with Gasteiger partial charge in [-0.25, -0.2) is 0 Å². The Morgan fingerprint density at radius 3 is 2.65 bits per heavy atom. The second-order valence-electron chi connectivity index (χ2n) is 8.31. The molecule has 0 bridgehead atoms. The van der Waals surface area contributed by atoms with Crippen molar-refractivity contribution in [1.82, 2.24) is 10.2 Å². The van der Waals surface area contributed by atoms with Crippen molar-refractivity contribution in [3.63, 3.8) is 0 Å². The summed E-state index contributed by atoms with van der Waals surface area (Å²) in [6.45, 7) is 6.28. The highest BCUT2D eigenvalue weighted by atomic mass is 16.5. The molecule has 5 nitrogen and oxygen atoms in total. The minimum atomic E-state index is -0.224. The first-order valence-electron chi connectivity index (χ1n) is 11.0. The maximum atomic E-state index is 12.8. The molecule has 3 aromatic rings. The van der Waals surface area contributed by atoms with Crippen LogP contribution in [0.25, 0.3) is 0 Å². The van der Waals surface area contributed by atoms with Crippen molar-refractivity contribution < 1.29 is 13.9 Å². The second kappa shape index (κ2) is 10.3. The Bertz CT molecular complexity index is 983. The summed E-state index contributed by atoms with van der Waals surface area (Å²) in [6, 6.07) is 19.7. The van der Waals surface area contributed by atoms with E-state index in [-0.39, 0.29) is 12.5 Å². The van der Waals surface area contributed by atoms with Crippen molar-refractivity contribution in [1.29, 1.82) is 0 Å². The summed E-state index contributed by atoms with van der Waals surface area (Å²) in [5, 5.41) is 3.02. The number of hydrogen-bond acceptors (Lipinski definition) is 4. The van der Waals surface area contributed by atoms with Gasteiger partial charge in [-0.2, -0.15) is 0 Å². The molecule has 0 aliphatic carbocycles. The molecule has 1 N–H and O–H groups in total. The maximum absolute atomic E-state index is 12.8. The first-order chi connectivity index (χ1) is 15.2. The molecule has 1 fully saturated rings. The molecule has 0 saturated carbocycles. The van der Waals surface area contributed by atoms with Gasteiger partial charge in [-0.15, -0.1) is 0 Å². The summed E-state index contributed by atoms with van der Waals surface area (Å²) in [5.74, 6) is 1.59. The van der Waals surface area contributed by atoms with Gasteiger partial charge in [0.25, 0.3) is 5.91 Å². The number of benzene rings is 2. The van der Waals surface area contributed by atoms with Crippen LogP contribution in [0.2, 0.25) is 0 Å². The molecular formula is C26H30N2O3. The second-order valence-corrected chi connectivity index (χ2v) is 8.31. The average Bonchev–Trinajstić information content (AvgIpc) is 3.26. The van der Waals surface area contributed by atoms with E-state index in [1.807, 2.05) is 36.4 Å². The highest BCUT2D eigenvalue weighted by molar-refractivity contribution is 5.92. The Hall–Kier alpha value is -3.05. The van der Waals surface area contributed by atoms with E-state index in [4.69, 9.17) is 9.15 Å². The van der Waals surface area contributed by atoms with Crippen LogP contribution >= 0.6 is 0 Å². The van der Waals surface area contributed by atoms with Crippen LogP contribution in [-0.4, -0.2) is 23.9 Å². The highest BCUT2D eigenvalue weighted by Crippen LogP contribution is 2.20. The molecule has 2 aromatic carbocycles. The van der Waals surface area contributed by atoms with Crippen molar-refractivity contribution in [2.45, 2.75) is 39.5 Å². The molecule has 1 aliphatic rings. The molecule has 1 unspecified atom stereocenters. The van der Waals surface area contributed by atoms with Crippen molar-refractivity contribution in [2.75, 3.05) is 13.1 Å². The van der Waals surface area contributed by atoms with Crippen LogP contribution < -0.4 is 10.1 Å². The van der Waals surface area contributed by atoms with Crippen LogP contribution in [0.4, 0.5) is 0 Å². The van der Waals surface area contributed by atoms with Crippen LogP contribution in [-0.2, 0) is 19.7 Å². The lowest BCUT2D eigenvalue weighted by Crippen LogP contribution is -2.34. The van der Waals surface area contributed by atoms with Gasteiger partial charge in [0.05, 0.1) is 6.26 Å². The normalized spacial score (nSPS) is 16.7. The number of rotatable bonds is 8. The number of nitrogens with zero attached hydrogens (tertiary/aromatic N) is 1. The Balaban J connectivity index is 1.36. The average molecular weight is 419 g/mol. The van der Waals surface area contributed by atoms with Gasteiger partial charge in [0.2, 0.25) is 0 Å². The lowest BCUT2D eigenvalue weighted by molar-refractivity contribution is 0.0919. The number of ether oxygens (including phenoxy) is 1. The van der Waals surface area contributed by atoms with E-state index in [1.165, 1.54) is 24.7 Å². The smallest absolute Gasteiger partial charge is 0.287 e. The molecular weight excluding hydrogens is 388 g/mol. The monoisotopic (exact) mass is 418 g/mol. The molecule has 1 saturated heterocycles. The highest BCUT2D eigenvalue weighted by Gasteiger charge is 2.19. The molecule has 1 aromatic heterocycles. The first-order valence-corrected chi connectivity index (χ1v) is 11.0. The Morgan fingerprint density at radius 2 is 1.84 bits per heavy atom. The third kappa shape index (κ3) is 5.76. The number of carbonyl (C=O) groups is 1. The fourth-order valence-electron chi connectivity index (χ4n) is 4.14. The minimum absolute atomic E-state index is 0.224. The van der Waals surface area contributed by atoms with E-state index in [2.05, 4.69) is 35.3 Å². The van der Waals surface area contributed by atoms with Crippen molar-refractivity contribution >= 4 is 5.91 Å². The van der Waals surface area contributed by atoms with Gasteiger partial charge in [0, 0.05) is 25.2 Å². The van der Waals surface area contributed by atoms with Crippen LogP contribution in [0.1, 0.15) is 47.0 Å². The molecule has 1 amide bonds. The van der Waals surface area contributed by atoms with E-state index in [9.17, 15) is 4.79 Å². The van der Waals surface area contributed by atoms with Crippen LogP contribution in [0.5, 0.6) is 5.75 Å². The topological polar surface area (TPSA) is 54.7 Å². The molecule has 162 valence electrons. The quantitative estimate of drug-likeness (QED) is 0.558. The molecule has 31 heavy (non-hydrogen) atoms. The fourth-order valence-corrected chi connectivity index (χ4v) is 4.14. The first kappa shape index (κ1) is 21.2. The number of hydrogen-bond donors (Lipinski definition) is 1. The van der Waals surface area contributed by atoms with Crippen molar-refractivity contribution in [3.8, 4) is 5.75 Å². The Labute approximate surface area is 184 Å². The molecule has 0 radical (unpaired) electrons. The fraction of sp³-hybridized carbons (Fsp3) is 0.346. The largest absolute Gasteiger partial charge is 0.489 e. The molecule has 1 atom stereocenters. The number of amides is 1. The molecule has 1 aliphatic heterocycles. The number of nitrogens with one attached hydrogen (secondary N) is 1. The van der Waals surface area contributed by atoms with E-state index in [1.54, 1.807) is 6.07 Å². The summed E-state index contributed by atoms with van der Waals surface area (Å²) in [6.07, 6.45) is 4.10. The van der Waals surface area contributed by atoms with Gasteiger partial charge in [-0.1, -0.05) is 49.4 Å². The zero-order chi connectivity index (χ0) is 21.5. The standard InChI is InChI=1S/C26H30N2O3/c1-20-8-7-14-28(17-20)18-22-10-6-5-9-21(22)16-27-26(29)25-23(13-15-30-25)19-31-24-11-3-2-4-12-24/h2-6,9-13,15,20H,7-8,14,16-19H2,1H3,(H,27,29). The summed E-state index contributed by atoms with van der Waals surface area (Å²) in [4.78, 5) is 15.3. The third-order valence-corrected chi connectivity index (χ3v) is 5.78. The van der Waals surface area contributed by atoms with E-state index >= 15 is 0 Å². The number of carbonyl (C=O) groups excluding carboxylic acids is 1. The third-order valence-electron chi connectivity index (χ3n) is 5.78. The van der Waals surface area contributed by atoms with Crippen molar-refractivity contribution in [3.05, 3.63) is 89.4 Å². The number of furan rings is 1. The zero-order valence-corrected chi connectivity index (χ0v) is 18.0. The van der Waals surface area contributed by atoms with Gasteiger partial charge in [0.1, 0.15) is 12.4 Å². The Morgan fingerprint density at radius 1 is 1.06 bits per heavy atom. The number of para-hydroxylation sites is 1.